The monoisotopic (exact) mass is 370 g/mol. The third kappa shape index (κ3) is 3.66. The second-order valence-electron chi connectivity index (χ2n) is 5.83. The van der Waals surface area contributed by atoms with Gasteiger partial charge in [-0.15, -0.1) is 5.10 Å². The van der Waals surface area contributed by atoms with E-state index in [1.807, 2.05) is 24.3 Å². The minimum atomic E-state index is -4.47. The van der Waals surface area contributed by atoms with Gasteiger partial charge in [-0.05, 0) is 54.6 Å². The zero-order valence-electron chi connectivity index (χ0n) is 13.8. The van der Waals surface area contributed by atoms with Crippen LogP contribution in [0, 0.1) is 0 Å². The number of benzene rings is 2. The highest BCUT2D eigenvalue weighted by Crippen LogP contribution is 2.23. The van der Waals surface area contributed by atoms with E-state index in [4.69, 9.17) is 5.73 Å². The molecule has 2 heterocycles. The summed E-state index contributed by atoms with van der Waals surface area (Å²) in [6.07, 6.45) is -2.97. The van der Waals surface area contributed by atoms with Crippen molar-refractivity contribution in [1.82, 2.24) is 19.7 Å². The highest BCUT2D eigenvalue weighted by molar-refractivity contribution is 5.84. The van der Waals surface area contributed by atoms with Crippen LogP contribution in [0.4, 0.5) is 24.7 Å². The van der Waals surface area contributed by atoms with E-state index >= 15 is 0 Å². The quantitative estimate of drug-likeness (QED) is 0.533. The molecule has 6 nitrogen and oxygen atoms in total. The molecule has 0 saturated heterocycles. The molecule has 0 spiro atoms. The van der Waals surface area contributed by atoms with Crippen molar-refractivity contribution in [1.29, 1.82) is 0 Å². The largest absolute Gasteiger partial charge is 0.482 e. The Bertz CT molecular complexity index is 1100. The van der Waals surface area contributed by atoms with Crippen LogP contribution in [-0.4, -0.2) is 26.0 Å². The number of nitrogens with two attached hydrogens (primary N) is 1. The van der Waals surface area contributed by atoms with Crippen molar-refractivity contribution in [2.24, 2.45) is 0 Å². The van der Waals surface area contributed by atoms with E-state index in [-0.39, 0.29) is 5.69 Å². The van der Waals surface area contributed by atoms with Gasteiger partial charge < -0.3 is 5.73 Å². The average Bonchev–Trinajstić information content (AvgIpc) is 3.10. The third-order valence-corrected chi connectivity index (χ3v) is 3.88. The van der Waals surface area contributed by atoms with E-state index in [1.54, 1.807) is 6.07 Å². The van der Waals surface area contributed by atoms with Crippen molar-refractivity contribution in [2.75, 3.05) is 11.1 Å². The van der Waals surface area contributed by atoms with Crippen molar-refractivity contribution in [3.8, 4) is 17.1 Å². The Morgan fingerprint density at radius 3 is 2.48 bits per heavy atom. The summed E-state index contributed by atoms with van der Waals surface area (Å²) in [6, 6.07) is 14.9. The molecule has 0 aliphatic rings. The molecule has 9 heteroatoms. The SMILES string of the molecule is Nc1ccc2cc(-c3ncn(-c4ccc(NC(F)(F)F)cc4)n3)ccc2n1. The summed E-state index contributed by atoms with van der Waals surface area (Å²) in [6.45, 7) is 0. The molecular weight excluding hydrogens is 357 g/mol. The molecule has 0 aliphatic carbocycles. The predicted octanol–water partition coefficient (Wildman–Crippen LogP) is 4.00. The first-order valence-electron chi connectivity index (χ1n) is 7.91. The Balaban J connectivity index is 1.61. The molecular formula is C18H13F3N6. The van der Waals surface area contributed by atoms with Gasteiger partial charge in [0.05, 0.1) is 11.2 Å². The number of nitrogens with one attached hydrogen (secondary N) is 1. The van der Waals surface area contributed by atoms with E-state index in [0.29, 0.717) is 17.3 Å². The Labute approximate surface area is 151 Å². The summed E-state index contributed by atoms with van der Waals surface area (Å²) in [5.74, 6) is 0.937. The summed E-state index contributed by atoms with van der Waals surface area (Å²) in [7, 11) is 0. The maximum absolute atomic E-state index is 12.3. The molecule has 3 N–H and O–H groups in total. The molecule has 0 atom stereocenters. The van der Waals surface area contributed by atoms with Crippen molar-refractivity contribution in [3.63, 3.8) is 0 Å². The van der Waals surface area contributed by atoms with Crippen LogP contribution in [0.15, 0.2) is 60.9 Å². The lowest BCUT2D eigenvalue weighted by Gasteiger charge is -2.10. The van der Waals surface area contributed by atoms with Gasteiger partial charge in [0, 0.05) is 16.6 Å². The molecule has 4 rings (SSSR count). The Kier molecular flexibility index (Phi) is 3.91. The number of anilines is 2. The number of hydrogen-bond acceptors (Lipinski definition) is 5. The Morgan fingerprint density at radius 2 is 1.74 bits per heavy atom. The fraction of sp³-hybridized carbons (Fsp3) is 0.0556. The van der Waals surface area contributed by atoms with Gasteiger partial charge in [-0.25, -0.2) is 14.6 Å². The zero-order chi connectivity index (χ0) is 19.0. The van der Waals surface area contributed by atoms with Gasteiger partial charge in [0.15, 0.2) is 5.82 Å². The van der Waals surface area contributed by atoms with Crippen molar-refractivity contribution < 1.29 is 13.2 Å². The minimum absolute atomic E-state index is 0.0482. The molecule has 0 unspecified atom stereocenters. The molecule has 136 valence electrons. The molecule has 27 heavy (non-hydrogen) atoms. The number of nitrogens with zero attached hydrogens (tertiary/aromatic N) is 4. The molecule has 0 aliphatic heterocycles. The third-order valence-electron chi connectivity index (χ3n) is 3.88. The van der Waals surface area contributed by atoms with E-state index < -0.39 is 6.30 Å². The van der Waals surface area contributed by atoms with Crippen molar-refractivity contribution in [2.45, 2.75) is 6.30 Å². The number of halogens is 3. The molecule has 0 radical (unpaired) electrons. The van der Waals surface area contributed by atoms with Crippen LogP contribution in [0.25, 0.3) is 28.0 Å². The smallest absolute Gasteiger partial charge is 0.384 e. The van der Waals surface area contributed by atoms with Gasteiger partial charge in [0.25, 0.3) is 0 Å². The lowest BCUT2D eigenvalue weighted by atomic mass is 10.1. The number of pyridine rings is 1. The first-order chi connectivity index (χ1) is 12.9. The summed E-state index contributed by atoms with van der Waals surface area (Å²) >= 11 is 0. The van der Waals surface area contributed by atoms with Gasteiger partial charge in [-0.1, -0.05) is 0 Å². The van der Waals surface area contributed by atoms with Gasteiger partial charge in [0.2, 0.25) is 0 Å². The number of aromatic nitrogens is 4. The fourth-order valence-corrected chi connectivity index (χ4v) is 2.66. The summed E-state index contributed by atoms with van der Waals surface area (Å²) < 4.78 is 38.5. The molecule has 0 amide bonds. The lowest BCUT2D eigenvalue weighted by molar-refractivity contribution is -0.0999. The molecule has 2 aromatic carbocycles. The van der Waals surface area contributed by atoms with Crippen molar-refractivity contribution >= 4 is 22.4 Å². The molecule has 4 aromatic rings. The van der Waals surface area contributed by atoms with Gasteiger partial charge >= 0.3 is 6.30 Å². The molecule has 2 aromatic heterocycles. The summed E-state index contributed by atoms with van der Waals surface area (Å²) in [5, 5.41) is 6.75. The zero-order valence-corrected chi connectivity index (χ0v) is 13.8. The van der Waals surface area contributed by atoms with E-state index in [2.05, 4.69) is 15.1 Å². The van der Waals surface area contributed by atoms with Crippen molar-refractivity contribution in [3.05, 3.63) is 60.9 Å². The first kappa shape index (κ1) is 16.8. The maximum atomic E-state index is 12.3. The molecule has 0 fully saturated rings. The number of rotatable bonds is 3. The van der Waals surface area contributed by atoms with Gasteiger partial charge in [-0.3, -0.25) is 5.32 Å². The number of fused-ring (bicyclic) bond motifs is 1. The maximum Gasteiger partial charge on any atom is 0.482 e. The van der Waals surface area contributed by atoms with Gasteiger partial charge in [0.1, 0.15) is 12.1 Å². The van der Waals surface area contributed by atoms with Crippen LogP contribution in [0.2, 0.25) is 0 Å². The summed E-state index contributed by atoms with van der Waals surface area (Å²) in [4.78, 5) is 8.52. The lowest BCUT2D eigenvalue weighted by Crippen LogP contribution is -2.20. The average molecular weight is 370 g/mol. The second kappa shape index (κ2) is 6.27. The van der Waals surface area contributed by atoms with E-state index in [9.17, 15) is 13.2 Å². The minimum Gasteiger partial charge on any atom is -0.384 e. The molecule has 0 saturated carbocycles. The highest BCUT2D eigenvalue weighted by atomic mass is 19.4. The fourth-order valence-electron chi connectivity index (χ4n) is 2.66. The van der Waals surface area contributed by atoms with Crippen LogP contribution >= 0.6 is 0 Å². The number of alkyl halides is 3. The highest BCUT2D eigenvalue weighted by Gasteiger charge is 2.26. The van der Waals surface area contributed by atoms with Crippen LogP contribution in [0.3, 0.4) is 0 Å². The Morgan fingerprint density at radius 1 is 0.963 bits per heavy atom. The molecule has 0 bridgehead atoms. The van der Waals surface area contributed by atoms with E-state index in [0.717, 1.165) is 16.5 Å². The van der Waals surface area contributed by atoms with E-state index in [1.165, 1.54) is 40.6 Å². The van der Waals surface area contributed by atoms with Crippen LogP contribution < -0.4 is 11.1 Å². The van der Waals surface area contributed by atoms with Crippen LogP contribution in [0.1, 0.15) is 0 Å². The first-order valence-corrected chi connectivity index (χ1v) is 7.91. The normalized spacial score (nSPS) is 11.7. The topological polar surface area (TPSA) is 81.6 Å². The number of hydrogen-bond donors (Lipinski definition) is 2. The van der Waals surface area contributed by atoms with Crippen LogP contribution in [-0.2, 0) is 0 Å². The predicted molar refractivity (Wildman–Crippen MR) is 96.2 cm³/mol. The Hall–Kier alpha value is -3.62. The summed E-state index contributed by atoms with van der Waals surface area (Å²) in [5.41, 5.74) is 7.79. The van der Waals surface area contributed by atoms with Crippen LogP contribution in [0.5, 0.6) is 0 Å². The standard InChI is InChI=1S/C18H13F3N6/c19-18(20,21)25-13-3-5-14(6-4-13)27-10-23-17(26-27)12-1-7-15-11(9-12)2-8-16(22)24-15/h1-10,25H,(H2,22,24). The second-order valence-corrected chi connectivity index (χ2v) is 5.83. The number of nitrogen functional groups attached to an aromatic ring is 1. The van der Waals surface area contributed by atoms with Gasteiger partial charge in [-0.2, -0.15) is 13.2 Å².